The van der Waals surface area contributed by atoms with Crippen LogP contribution in [0.25, 0.3) is 0 Å². The monoisotopic (exact) mass is 182 g/mol. The van der Waals surface area contributed by atoms with Crippen LogP contribution in [0.1, 0.15) is 16.5 Å². The maximum absolute atomic E-state index is 10.4. The standard InChI is InChI=1S/C7H6N2O2S/c8-2-4-1-5(12-3-4)6(9)7(10)11/h1,3,6H,9H2,(H,10,11). The van der Waals surface area contributed by atoms with E-state index in [1.54, 1.807) is 5.38 Å². The summed E-state index contributed by atoms with van der Waals surface area (Å²) in [5.74, 6) is -1.08. The summed E-state index contributed by atoms with van der Waals surface area (Å²) in [5.41, 5.74) is 5.76. The number of aliphatic carboxylic acids is 1. The van der Waals surface area contributed by atoms with E-state index in [1.165, 1.54) is 17.4 Å². The summed E-state index contributed by atoms with van der Waals surface area (Å²) in [4.78, 5) is 10.9. The molecule has 0 fully saturated rings. The number of rotatable bonds is 2. The van der Waals surface area contributed by atoms with Crippen LogP contribution in [0.5, 0.6) is 0 Å². The van der Waals surface area contributed by atoms with Gasteiger partial charge in [0.15, 0.2) is 0 Å². The van der Waals surface area contributed by atoms with Crippen LogP contribution in [0.15, 0.2) is 11.4 Å². The van der Waals surface area contributed by atoms with Crippen molar-refractivity contribution in [2.75, 3.05) is 0 Å². The van der Waals surface area contributed by atoms with Gasteiger partial charge in [0.2, 0.25) is 0 Å². The van der Waals surface area contributed by atoms with Gasteiger partial charge in [-0.2, -0.15) is 5.26 Å². The smallest absolute Gasteiger partial charge is 0.325 e. The number of carboxylic acid groups (broad SMARTS) is 1. The molecule has 0 radical (unpaired) electrons. The maximum atomic E-state index is 10.4. The van der Waals surface area contributed by atoms with Crippen LogP contribution in [0.2, 0.25) is 0 Å². The first-order chi connectivity index (χ1) is 5.65. The molecule has 1 aromatic rings. The molecule has 0 aliphatic carbocycles. The van der Waals surface area contributed by atoms with Crippen LogP contribution in [0.4, 0.5) is 0 Å². The summed E-state index contributed by atoms with van der Waals surface area (Å²) in [6, 6.07) is 2.38. The third-order valence-corrected chi connectivity index (χ3v) is 2.34. The fourth-order valence-corrected chi connectivity index (χ4v) is 1.52. The molecule has 1 aromatic heterocycles. The Balaban J connectivity index is 2.90. The van der Waals surface area contributed by atoms with Crippen molar-refractivity contribution in [2.24, 2.45) is 5.73 Å². The van der Waals surface area contributed by atoms with Crippen LogP contribution in [-0.4, -0.2) is 11.1 Å². The van der Waals surface area contributed by atoms with Gasteiger partial charge in [-0.25, -0.2) is 0 Å². The van der Waals surface area contributed by atoms with Crippen molar-refractivity contribution in [2.45, 2.75) is 6.04 Å². The first-order valence-electron chi connectivity index (χ1n) is 3.12. The van der Waals surface area contributed by atoms with E-state index in [1.807, 2.05) is 6.07 Å². The summed E-state index contributed by atoms with van der Waals surface area (Å²) >= 11 is 1.18. The van der Waals surface area contributed by atoms with E-state index in [4.69, 9.17) is 16.1 Å². The molecule has 5 heteroatoms. The number of carbonyl (C=O) groups is 1. The predicted molar refractivity (Wildman–Crippen MR) is 43.6 cm³/mol. The third-order valence-electron chi connectivity index (χ3n) is 1.32. The molecule has 4 nitrogen and oxygen atoms in total. The summed E-state index contributed by atoms with van der Waals surface area (Å²) < 4.78 is 0. The molecule has 0 spiro atoms. The highest BCUT2D eigenvalue weighted by Crippen LogP contribution is 2.19. The highest BCUT2D eigenvalue weighted by Gasteiger charge is 2.15. The molecule has 1 heterocycles. The van der Waals surface area contributed by atoms with Crippen molar-refractivity contribution in [3.8, 4) is 6.07 Å². The summed E-state index contributed by atoms with van der Waals surface area (Å²) in [6.07, 6.45) is 0. The Labute approximate surface area is 72.9 Å². The lowest BCUT2D eigenvalue weighted by atomic mass is 10.2. The van der Waals surface area contributed by atoms with E-state index in [-0.39, 0.29) is 0 Å². The third kappa shape index (κ3) is 1.61. The Hall–Kier alpha value is -1.38. The second-order valence-electron chi connectivity index (χ2n) is 2.17. The number of nitrogens with zero attached hydrogens (tertiary/aromatic N) is 1. The van der Waals surface area contributed by atoms with Gasteiger partial charge >= 0.3 is 5.97 Å². The summed E-state index contributed by atoms with van der Waals surface area (Å²) in [7, 11) is 0. The Morgan fingerprint density at radius 1 is 1.83 bits per heavy atom. The lowest BCUT2D eigenvalue weighted by Gasteiger charge is -2.00. The van der Waals surface area contributed by atoms with Crippen molar-refractivity contribution >= 4 is 17.3 Å². The maximum Gasteiger partial charge on any atom is 0.325 e. The molecule has 0 saturated carbocycles. The highest BCUT2D eigenvalue weighted by atomic mass is 32.1. The summed E-state index contributed by atoms with van der Waals surface area (Å²) in [5, 5.41) is 18.5. The number of hydrogen-bond acceptors (Lipinski definition) is 4. The van der Waals surface area contributed by atoms with E-state index in [2.05, 4.69) is 0 Å². The SMILES string of the molecule is N#Cc1csc(C(N)C(=O)O)c1. The highest BCUT2D eigenvalue weighted by molar-refractivity contribution is 7.10. The lowest BCUT2D eigenvalue weighted by molar-refractivity contribution is -0.138. The number of nitriles is 1. The minimum Gasteiger partial charge on any atom is -0.480 e. The van der Waals surface area contributed by atoms with Gasteiger partial charge in [-0.15, -0.1) is 11.3 Å². The molecule has 1 unspecified atom stereocenters. The number of hydrogen-bond donors (Lipinski definition) is 2. The van der Waals surface area contributed by atoms with Gasteiger partial charge in [-0.05, 0) is 6.07 Å². The van der Waals surface area contributed by atoms with Crippen molar-refractivity contribution in [3.63, 3.8) is 0 Å². The zero-order valence-corrected chi connectivity index (χ0v) is 6.84. The first kappa shape index (κ1) is 8.71. The van der Waals surface area contributed by atoms with Crippen LogP contribution in [-0.2, 0) is 4.79 Å². The molecular formula is C7H6N2O2S. The van der Waals surface area contributed by atoms with Crippen molar-refractivity contribution < 1.29 is 9.90 Å². The zero-order valence-electron chi connectivity index (χ0n) is 6.02. The van der Waals surface area contributed by atoms with Gasteiger partial charge in [0.05, 0.1) is 5.56 Å². The van der Waals surface area contributed by atoms with Gasteiger partial charge in [-0.1, -0.05) is 0 Å². The molecule has 0 aliphatic rings. The van der Waals surface area contributed by atoms with Gasteiger partial charge in [-0.3, -0.25) is 4.79 Å². The van der Waals surface area contributed by atoms with Crippen LogP contribution in [0, 0.1) is 11.3 Å². The molecule has 0 bridgehead atoms. The second kappa shape index (κ2) is 3.34. The molecule has 12 heavy (non-hydrogen) atoms. The first-order valence-corrected chi connectivity index (χ1v) is 4.00. The largest absolute Gasteiger partial charge is 0.480 e. The topological polar surface area (TPSA) is 87.1 Å². The quantitative estimate of drug-likeness (QED) is 0.704. The average molecular weight is 182 g/mol. The van der Waals surface area contributed by atoms with E-state index in [0.717, 1.165) is 0 Å². The Kier molecular flexibility index (Phi) is 2.43. The molecule has 1 rings (SSSR count). The van der Waals surface area contributed by atoms with Crippen LogP contribution >= 0.6 is 11.3 Å². The Bertz CT molecular complexity index is 339. The molecule has 0 saturated heterocycles. The average Bonchev–Trinajstić information content (AvgIpc) is 2.50. The molecule has 0 aliphatic heterocycles. The second-order valence-corrected chi connectivity index (χ2v) is 3.11. The number of thiophene rings is 1. The van der Waals surface area contributed by atoms with Crippen molar-refractivity contribution in [1.29, 1.82) is 5.26 Å². The Morgan fingerprint density at radius 2 is 2.50 bits per heavy atom. The lowest BCUT2D eigenvalue weighted by Crippen LogP contribution is -2.19. The minimum absolute atomic E-state index is 0.451. The Morgan fingerprint density at radius 3 is 2.92 bits per heavy atom. The molecule has 62 valence electrons. The van der Waals surface area contributed by atoms with E-state index >= 15 is 0 Å². The van der Waals surface area contributed by atoms with Gasteiger partial charge in [0.1, 0.15) is 12.1 Å². The normalized spacial score (nSPS) is 12.0. The van der Waals surface area contributed by atoms with Gasteiger partial charge < -0.3 is 10.8 Å². The molecule has 0 aromatic carbocycles. The fourth-order valence-electron chi connectivity index (χ4n) is 0.696. The number of nitrogens with two attached hydrogens (primary N) is 1. The van der Waals surface area contributed by atoms with E-state index in [0.29, 0.717) is 10.4 Å². The fraction of sp³-hybridized carbons (Fsp3) is 0.143. The predicted octanol–water partition coefficient (Wildman–Crippen LogP) is 0.704. The van der Waals surface area contributed by atoms with Crippen LogP contribution < -0.4 is 5.73 Å². The molecule has 0 amide bonds. The summed E-state index contributed by atoms with van der Waals surface area (Å²) in [6.45, 7) is 0. The minimum atomic E-state index is -1.08. The van der Waals surface area contributed by atoms with Gasteiger partial charge in [0.25, 0.3) is 0 Å². The molecule has 1 atom stereocenters. The van der Waals surface area contributed by atoms with Crippen molar-refractivity contribution in [3.05, 3.63) is 21.9 Å². The molecule has 3 N–H and O–H groups in total. The van der Waals surface area contributed by atoms with Crippen LogP contribution in [0.3, 0.4) is 0 Å². The number of carboxylic acids is 1. The zero-order chi connectivity index (χ0) is 9.14. The molecular weight excluding hydrogens is 176 g/mol. The van der Waals surface area contributed by atoms with E-state index < -0.39 is 12.0 Å². The van der Waals surface area contributed by atoms with Crippen molar-refractivity contribution in [1.82, 2.24) is 0 Å². The van der Waals surface area contributed by atoms with E-state index in [9.17, 15) is 4.79 Å². The van der Waals surface area contributed by atoms with Gasteiger partial charge in [0, 0.05) is 10.3 Å².